The Bertz CT molecular complexity index is 688. The molecule has 0 bridgehead atoms. The quantitative estimate of drug-likeness (QED) is 0.859. The second-order valence-corrected chi connectivity index (χ2v) is 6.07. The second-order valence-electron chi connectivity index (χ2n) is 5.26. The Morgan fingerprint density at radius 2 is 1.82 bits per heavy atom. The summed E-state index contributed by atoms with van der Waals surface area (Å²) in [5.74, 6) is -0.387. The zero-order valence-corrected chi connectivity index (χ0v) is 13.1. The number of aliphatic hydroxyl groups excluding tert-OH is 1. The first kappa shape index (κ1) is 15.5. The molecule has 0 spiro atoms. The summed E-state index contributed by atoms with van der Waals surface area (Å²) < 4.78 is 5.44. The normalized spacial score (nSPS) is 24.4. The Labute approximate surface area is 138 Å². The highest BCUT2D eigenvalue weighted by molar-refractivity contribution is 6.42. The first-order chi connectivity index (χ1) is 10.6. The minimum atomic E-state index is -0.943. The fourth-order valence-electron chi connectivity index (χ4n) is 2.73. The summed E-state index contributed by atoms with van der Waals surface area (Å²) in [6.45, 7) is 0. The number of ether oxygens (including phenoxy) is 1. The van der Waals surface area contributed by atoms with Crippen molar-refractivity contribution in [2.45, 2.75) is 24.7 Å². The zero-order chi connectivity index (χ0) is 15.7. The van der Waals surface area contributed by atoms with Crippen molar-refractivity contribution < 1.29 is 14.6 Å². The van der Waals surface area contributed by atoms with Gasteiger partial charge >= 0.3 is 0 Å². The molecule has 0 radical (unpaired) electrons. The lowest BCUT2D eigenvalue weighted by molar-refractivity contribution is -0.0806. The van der Waals surface area contributed by atoms with E-state index in [0.29, 0.717) is 22.0 Å². The van der Waals surface area contributed by atoms with Crippen LogP contribution in [0.4, 0.5) is 0 Å². The minimum Gasteiger partial charge on any atom is -0.368 e. The van der Waals surface area contributed by atoms with Gasteiger partial charge in [0.25, 0.3) is 0 Å². The molecular formula is C17H14Cl2O3. The van der Waals surface area contributed by atoms with Crippen molar-refractivity contribution in [1.82, 2.24) is 0 Å². The van der Waals surface area contributed by atoms with Gasteiger partial charge in [0, 0.05) is 17.9 Å². The van der Waals surface area contributed by atoms with Crippen LogP contribution in [0.2, 0.25) is 10.0 Å². The highest BCUT2D eigenvalue weighted by atomic mass is 35.5. The van der Waals surface area contributed by atoms with Crippen LogP contribution in [0.15, 0.2) is 48.5 Å². The minimum absolute atomic E-state index is 0.182. The highest BCUT2D eigenvalue weighted by Crippen LogP contribution is 2.36. The predicted octanol–water partition coefficient (Wildman–Crippen LogP) is 4.07. The molecule has 1 heterocycles. The van der Waals surface area contributed by atoms with Crippen molar-refractivity contribution in [2.24, 2.45) is 0 Å². The molecule has 1 aliphatic rings. The fourth-order valence-corrected chi connectivity index (χ4v) is 3.03. The molecule has 1 aliphatic heterocycles. The second kappa shape index (κ2) is 6.39. The van der Waals surface area contributed by atoms with Gasteiger partial charge in [0.05, 0.1) is 10.0 Å². The van der Waals surface area contributed by atoms with Crippen molar-refractivity contribution in [3.05, 3.63) is 69.7 Å². The van der Waals surface area contributed by atoms with E-state index >= 15 is 0 Å². The standard InChI is InChI=1S/C17H14Cl2O3/c18-13-7-6-11(8-14(13)19)16(21)17-12(9-15(20)22-17)10-4-2-1-3-5-10/h1-8,12,15,17,20H,9H2/t12-,15-,17+/m0/s1. The topological polar surface area (TPSA) is 46.5 Å². The van der Waals surface area contributed by atoms with Crippen LogP contribution in [0.5, 0.6) is 0 Å². The molecule has 2 aromatic rings. The molecule has 3 rings (SSSR count). The molecule has 2 aromatic carbocycles. The molecule has 1 saturated heterocycles. The van der Waals surface area contributed by atoms with Crippen LogP contribution in [0.1, 0.15) is 28.3 Å². The summed E-state index contributed by atoms with van der Waals surface area (Å²) in [6, 6.07) is 14.3. The van der Waals surface area contributed by atoms with E-state index in [1.165, 1.54) is 6.07 Å². The molecule has 0 aromatic heterocycles. The molecule has 22 heavy (non-hydrogen) atoms. The molecular weight excluding hydrogens is 323 g/mol. The molecule has 1 N–H and O–H groups in total. The number of hydrogen-bond donors (Lipinski definition) is 1. The van der Waals surface area contributed by atoms with Gasteiger partial charge in [-0.15, -0.1) is 0 Å². The Hall–Kier alpha value is -1.39. The number of carbonyl (C=O) groups is 1. The third kappa shape index (κ3) is 3.03. The van der Waals surface area contributed by atoms with Crippen LogP contribution in [0, 0.1) is 0 Å². The summed E-state index contributed by atoms with van der Waals surface area (Å²) in [5.41, 5.74) is 1.40. The molecule has 5 heteroatoms. The molecule has 3 atom stereocenters. The monoisotopic (exact) mass is 336 g/mol. The van der Waals surface area contributed by atoms with Crippen LogP contribution < -0.4 is 0 Å². The maximum Gasteiger partial charge on any atom is 0.192 e. The Balaban J connectivity index is 1.91. The maximum atomic E-state index is 12.7. The molecule has 0 unspecified atom stereocenters. The number of carbonyl (C=O) groups excluding carboxylic acids is 1. The van der Waals surface area contributed by atoms with Gasteiger partial charge in [-0.3, -0.25) is 4.79 Å². The van der Waals surface area contributed by atoms with Crippen molar-refractivity contribution in [3.63, 3.8) is 0 Å². The van der Waals surface area contributed by atoms with Crippen LogP contribution >= 0.6 is 23.2 Å². The fraction of sp³-hybridized carbons (Fsp3) is 0.235. The zero-order valence-electron chi connectivity index (χ0n) is 11.6. The number of Topliss-reactive ketones (excluding diaryl/α,β-unsaturated/α-hetero) is 1. The van der Waals surface area contributed by atoms with Gasteiger partial charge < -0.3 is 9.84 Å². The first-order valence-electron chi connectivity index (χ1n) is 6.94. The molecule has 0 aliphatic carbocycles. The number of halogens is 2. The third-order valence-electron chi connectivity index (χ3n) is 3.81. The van der Waals surface area contributed by atoms with E-state index in [9.17, 15) is 9.90 Å². The van der Waals surface area contributed by atoms with E-state index in [1.54, 1.807) is 12.1 Å². The Morgan fingerprint density at radius 1 is 1.09 bits per heavy atom. The summed E-state index contributed by atoms with van der Waals surface area (Å²) in [5, 5.41) is 10.5. The summed E-state index contributed by atoms with van der Waals surface area (Å²) >= 11 is 11.9. The Morgan fingerprint density at radius 3 is 2.50 bits per heavy atom. The van der Waals surface area contributed by atoms with E-state index < -0.39 is 12.4 Å². The van der Waals surface area contributed by atoms with Gasteiger partial charge in [-0.05, 0) is 23.8 Å². The van der Waals surface area contributed by atoms with Crippen molar-refractivity contribution >= 4 is 29.0 Å². The SMILES string of the molecule is O=C(c1ccc(Cl)c(Cl)c1)[C@@H]1O[C@H](O)C[C@H]1c1ccccc1. The van der Waals surface area contributed by atoms with Crippen molar-refractivity contribution in [2.75, 3.05) is 0 Å². The summed E-state index contributed by atoms with van der Waals surface area (Å²) in [4.78, 5) is 12.7. The lowest BCUT2D eigenvalue weighted by Crippen LogP contribution is -2.26. The van der Waals surface area contributed by atoms with Gasteiger partial charge in [-0.25, -0.2) is 0 Å². The summed E-state index contributed by atoms with van der Waals surface area (Å²) in [6.07, 6.45) is -1.28. The van der Waals surface area contributed by atoms with Gasteiger partial charge in [-0.1, -0.05) is 53.5 Å². The molecule has 0 saturated carbocycles. The Kier molecular flexibility index (Phi) is 4.50. The smallest absolute Gasteiger partial charge is 0.192 e. The van der Waals surface area contributed by atoms with Crippen LogP contribution in [0.25, 0.3) is 0 Å². The lowest BCUT2D eigenvalue weighted by Gasteiger charge is -2.17. The van der Waals surface area contributed by atoms with Gasteiger partial charge in [0.1, 0.15) is 6.10 Å². The number of benzene rings is 2. The molecule has 114 valence electrons. The van der Waals surface area contributed by atoms with E-state index in [0.717, 1.165) is 5.56 Å². The maximum absolute atomic E-state index is 12.7. The van der Waals surface area contributed by atoms with Crippen LogP contribution in [-0.2, 0) is 4.74 Å². The molecule has 0 amide bonds. The van der Waals surface area contributed by atoms with Crippen LogP contribution in [-0.4, -0.2) is 23.3 Å². The predicted molar refractivity (Wildman–Crippen MR) is 85.5 cm³/mol. The number of rotatable bonds is 3. The summed E-state index contributed by atoms with van der Waals surface area (Å²) in [7, 11) is 0. The molecule has 1 fully saturated rings. The van der Waals surface area contributed by atoms with E-state index in [4.69, 9.17) is 27.9 Å². The van der Waals surface area contributed by atoms with Crippen molar-refractivity contribution in [1.29, 1.82) is 0 Å². The largest absolute Gasteiger partial charge is 0.368 e. The van der Waals surface area contributed by atoms with Gasteiger partial charge in [-0.2, -0.15) is 0 Å². The highest BCUT2D eigenvalue weighted by Gasteiger charge is 2.40. The van der Waals surface area contributed by atoms with E-state index in [2.05, 4.69) is 0 Å². The number of ketones is 1. The third-order valence-corrected chi connectivity index (χ3v) is 4.55. The van der Waals surface area contributed by atoms with Gasteiger partial charge in [0.2, 0.25) is 0 Å². The number of aliphatic hydroxyl groups is 1. The van der Waals surface area contributed by atoms with E-state index in [-0.39, 0.29) is 11.7 Å². The number of hydrogen-bond acceptors (Lipinski definition) is 3. The van der Waals surface area contributed by atoms with E-state index in [1.807, 2.05) is 30.3 Å². The first-order valence-corrected chi connectivity index (χ1v) is 7.69. The average Bonchev–Trinajstić information content (AvgIpc) is 2.92. The van der Waals surface area contributed by atoms with Crippen molar-refractivity contribution in [3.8, 4) is 0 Å². The van der Waals surface area contributed by atoms with Crippen LogP contribution in [0.3, 0.4) is 0 Å². The average molecular weight is 337 g/mol. The van der Waals surface area contributed by atoms with Gasteiger partial charge in [0.15, 0.2) is 12.1 Å². The lowest BCUT2D eigenvalue weighted by atomic mass is 9.88. The molecule has 3 nitrogen and oxygen atoms in total.